The topological polar surface area (TPSA) is 68.9 Å². The van der Waals surface area contributed by atoms with E-state index in [9.17, 15) is 18.0 Å². The third-order valence-electron chi connectivity index (χ3n) is 2.84. The Kier molecular flexibility index (Phi) is 4.21. The van der Waals surface area contributed by atoms with E-state index in [0.29, 0.717) is 17.8 Å². The molecule has 1 amide bonds. The molecule has 1 aromatic heterocycles. The van der Waals surface area contributed by atoms with Gasteiger partial charge in [-0.2, -0.15) is 13.2 Å². The Hall–Kier alpha value is -2.44. The van der Waals surface area contributed by atoms with Gasteiger partial charge in [0.25, 0.3) is 0 Å². The lowest BCUT2D eigenvalue weighted by molar-refractivity contribution is -0.137. The largest absolute Gasteiger partial charge is 0.416 e. The van der Waals surface area contributed by atoms with Crippen molar-refractivity contribution in [3.63, 3.8) is 0 Å². The maximum absolute atomic E-state index is 12.5. The number of carbonyl (C=O) groups excluding carboxylic acids is 1. The molecule has 2 N–H and O–H groups in total. The van der Waals surface area contributed by atoms with Crippen molar-refractivity contribution in [2.75, 3.05) is 0 Å². The van der Waals surface area contributed by atoms with Crippen LogP contribution in [-0.2, 0) is 17.4 Å². The molecule has 0 unspecified atom stereocenters. The number of aryl methyl sites for hydroxylation is 1. The minimum Gasteiger partial charge on any atom is -0.370 e. The number of halogens is 3. The van der Waals surface area contributed by atoms with Crippen LogP contribution in [0.25, 0.3) is 11.4 Å². The second kappa shape index (κ2) is 5.90. The SMILES string of the molecule is NC(=O)CCc1cnc(-c2ccc(C(F)(F)F)cc2)nc1. The lowest BCUT2D eigenvalue weighted by Gasteiger charge is -2.07. The van der Waals surface area contributed by atoms with Crippen LogP contribution in [-0.4, -0.2) is 15.9 Å². The van der Waals surface area contributed by atoms with Gasteiger partial charge in [0.05, 0.1) is 5.56 Å². The highest BCUT2D eigenvalue weighted by Crippen LogP contribution is 2.30. The highest BCUT2D eigenvalue weighted by Gasteiger charge is 2.30. The molecule has 0 bridgehead atoms. The number of hydrogen-bond donors (Lipinski definition) is 1. The summed E-state index contributed by atoms with van der Waals surface area (Å²) in [6.07, 6.45) is -0.671. The van der Waals surface area contributed by atoms with Gasteiger partial charge in [-0.05, 0) is 24.1 Å². The molecule has 0 aliphatic carbocycles. The van der Waals surface area contributed by atoms with Crippen LogP contribution < -0.4 is 5.73 Å². The number of amides is 1. The Bertz CT molecular complexity index is 621. The molecule has 0 saturated heterocycles. The van der Waals surface area contributed by atoms with E-state index in [-0.39, 0.29) is 6.42 Å². The van der Waals surface area contributed by atoms with Gasteiger partial charge in [0.2, 0.25) is 5.91 Å². The Morgan fingerprint density at radius 1 is 1.10 bits per heavy atom. The molecule has 2 rings (SSSR count). The predicted octanol–water partition coefficient (Wildman–Crippen LogP) is 2.58. The molecular formula is C14H12F3N3O. The van der Waals surface area contributed by atoms with E-state index >= 15 is 0 Å². The number of aromatic nitrogens is 2. The number of rotatable bonds is 4. The first-order valence-electron chi connectivity index (χ1n) is 6.13. The molecule has 1 aromatic carbocycles. The summed E-state index contributed by atoms with van der Waals surface area (Å²) in [6, 6.07) is 4.61. The fourth-order valence-electron chi connectivity index (χ4n) is 1.71. The van der Waals surface area contributed by atoms with Gasteiger partial charge in [0.1, 0.15) is 0 Å². The number of hydrogen-bond acceptors (Lipinski definition) is 3. The number of alkyl halides is 3. The highest BCUT2D eigenvalue weighted by atomic mass is 19.4. The molecule has 0 saturated carbocycles. The summed E-state index contributed by atoms with van der Waals surface area (Å²) in [4.78, 5) is 18.8. The standard InChI is InChI=1S/C14H12F3N3O/c15-14(16,17)11-4-2-10(3-5-11)13-19-7-9(8-20-13)1-6-12(18)21/h2-5,7-8H,1,6H2,(H2,18,21). The summed E-state index contributed by atoms with van der Waals surface area (Å²) in [5.41, 5.74) is 5.55. The van der Waals surface area contributed by atoms with E-state index in [1.54, 1.807) is 0 Å². The molecule has 2 aromatic rings. The highest BCUT2D eigenvalue weighted by molar-refractivity contribution is 5.73. The number of carbonyl (C=O) groups is 1. The molecule has 0 aliphatic heterocycles. The maximum Gasteiger partial charge on any atom is 0.416 e. The molecule has 1 heterocycles. The van der Waals surface area contributed by atoms with Gasteiger partial charge < -0.3 is 5.73 Å². The van der Waals surface area contributed by atoms with Gasteiger partial charge in [0, 0.05) is 24.4 Å². The molecule has 4 nitrogen and oxygen atoms in total. The van der Waals surface area contributed by atoms with Gasteiger partial charge in [-0.3, -0.25) is 4.79 Å². The summed E-state index contributed by atoms with van der Waals surface area (Å²) in [5.74, 6) is -0.0895. The van der Waals surface area contributed by atoms with Gasteiger partial charge in [-0.15, -0.1) is 0 Å². The second-order valence-electron chi connectivity index (χ2n) is 4.46. The number of primary amides is 1. The Labute approximate surface area is 118 Å². The molecule has 110 valence electrons. The molecule has 0 aliphatic rings. The first-order valence-corrected chi connectivity index (χ1v) is 6.13. The van der Waals surface area contributed by atoms with Crippen LogP contribution in [0.2, 0.25) is 0 Å². The quantitative estimate of drug-likeness (QED) is 0.942. The van der Waals surface area contributed by atoms with Crippen molar-refractivity contribution in [3.8, 4) is 11.4 Å². The number of benzene rings is 1. The Morgan fingerprint density at radius 2 is 1.67 bits per heavy atom. The van der Waals surface area contributed by atoms with Crippen molar-refractivity contribution in [2.45, 2.75) is 19.0 Å². The van der Waals surface area contributed by atoms with Crippen molar-refractivity contribution in [2.24, 2.45) is 5.73 Å². The molecular weight excluding hydrogens is 283 g/mol. The zero-order valence-electron chi connectivity index (χ0n) is 10.9. The minimum absolute atomic E-state index is 0.197. The predicted molar refractivity (Wildman–Crippen MR) is 70.0 cm³/mol. The molecule has 0 spiro atoms. The molecule has 0 radical (unpaired) electrons. The zero-order chi connectivity index (χ0) is 15.5. The summed E-state index contributed by atoms with van der Waals surface area (Å²) in [5, 5.41) is 0. The van der Waals surface area contributed by atoms with Crippen LogP contribution in [0.3, 0.4) is 0 Å². The van der Waals surface area contributed by atoms with Crippen molar-refractivity contribution < 1.29 is 18.0 Å². The summed E-state index contributed by atoms with van der Waals surface area (Å²) < 4.78 is 37.4. The average Bonchev–Trinajstić information content (AvgIpc) is 2.45. The smallest absolute Gasteiger partial charge is 0.370 e. The second-order valence-corrected chi connectivity index (χ2v) is 4.46. The van der Waals surface area contributed by atoms with Gasteiger partial charge in [0.15, 0.2) is 5.82 Å². The van der Waals surface area contributed by atoms with E-state index in [4.69, 9.17) is 5.73 Å². The van der Waals surface area contributed by atoms with Gasteiger partial charge in [-0.25, -0.2) is 9.97 Å². The third kappa shape index (κ3) is 4.01. The first-order chi connectivity index (χ1) is 9.86. The average molecular weight is 295 g/mol. The van der Waals surface area contributed by atoms with E-state index in [1.807, 2.05) is 0 Å². The molecule has 21 heavy (non-hydrogen) atoms. The van der Waals surface area contributed by atoms with Crippen molar-refractivity contribution >= 4 is 5.91 Å². The van der Waals surface area contributed by atoms with E-state index in [0.717, 1.165) is 17.7 Å². The monoisotopic (exact) mass is 295 g/mol. The van der Waals surface area contributed by atoms with Crippen LogP contribution >= 0.6 is 0 Å². The van der Waals surface area contributed by atoms with Gasteiger partial charge >= 0.3 is 6.18 Å². The third-order valence-corrected chi connectivity index (χ3v) is 2.84. The van der Waals surface area contributed by atoms with Crippen LogP contribution in [0.1, 0.15) is 17.5 Å². The summed E-state index contributed by atoms with van der Waals surface area (Å²) in [7, 11) is 0. The number of nitrogens with zero attached hydrogens (tertiary/aromatic N) is 2. The maximum atomic E-state index is 12.5. The first kappa shape index (κ1) is 15.0. The molecule has 0 atom stereocenters. The van der Waals surface area contributed by atoms with Crippen LogP contribution in [0.4, 0.5) is 13.2 Å². The lowest BCUT2D eigenvalue weighted by Crippen LogP contribution is -2.11. The summed E-state index contributed by atoms with van der Waals surface area (Å²) >= 11 is 0. The van der Waals surface area contributed by atoms with Crippen LogP contribution in [0, 0.1) is 0 Å². The normalized spacial score (nSPS) is 11.4. The van der Waals surface area contributed by atoms with Crippen molar-refractivity contribution in [1.29, 1.82) is 0 Å². The van der Waals surface area contributed by atoms with Crippen molar-refractivity contribution in [1.82, 2.24) is 9.97 Å². The van der Waals surface area contributed by atoms with Gasteiger partial charge in [-0.1, -0.05) is 12.1 Å². The van der Waals surface area contributed by atoms with E-state index in [1.165, 1.54) is 24.5 Å². The van der Waals surface area contributed by atoms with E-state index < -0.39 is 17.6 Å². The number of nitrogens with two attached hydrogens (primary N) is 1. The molecule has 7 heteroatoms. The van der Waals surface area contributed by atoms with Crippen LogP contribution in [0.5, 0.6) is 0 Å². The van der Waals surface area contributed by atoms with E-state index in [2.05, 4.69) is 9.97 Å². The molecule has 0 fully saturated rings. The minimum atomic E-state index is -4.36. The fourth-order valence-corrected chi connectivity index (χ4v) is 1.71. The summed E-state index contributed by atoms with van der Waals surface area (Å²) in [6.45, 7) is 0. The Balaban J connectivity index is 2.13. The zero-order valence-corrected chi connectivity index (χ0v) is 10.9. The Morgan fingerprint density at radius 3 is 2.14 bits per heavy atom. The van der Waals surface area contributed by atoms with Crippen LogP contribution in [0.15, 0.2) is 36.7 Å². The lowest BCUT2D eigenvalue weighted by atomic mass is 10.1. The fraction of sp³-hybridized carbons (Fsp3) is 0.214. The van der Waals surface area contributed by atoms with Crippen molar-refractivity contribution in [3.05, 3.63) is 47.8 Å².